The second kappa shape index (κ2) is 2.81. The molecule has 1 N–H and O–H groups in total. The first-order valence-corrected chi connectivity index (χ1v) is 5.19. The monoisotopic (exact) mass is 196 g/mol. The molecule has 0 aromatic rings. The number of fused-ring (bicyclic) bond motifs is 1. The molecule has 2 aliphatic rings. The fourth-order valence-corrected chi connectivity index (χ4v) is 3.34. The van der Waals surface area contributed by atoms with Crippen molar-refractivity contribution in [3.8, 4) is 0 Å². The van der Waals surface area contributed by atoms with Crippen LogP contribution in [0.2, 0.25) is 0 Å². The van der Waals surface area contributed by atoms with Crippen LogP contribution in [0.25, 0.3) is 0 Å². The van der Waals surface area contributed by atoms with Gasteiger partial charge in [-0.15, -0.1) is 0 Å². The lowest BCUT2D eigenvalue weighted by Gasteiger charge is -2.24. The number of aliphatic carboxylic acids is 1. The molecule has 2 saturated carbocycles. The quantitative estimate of drug-likeness (QED) is 0.694. The van der Waals surface area contributed by atoms with E-state index in [0.29, 0.717) is 18.8 Å². The van der Waals surface area contributed by atoms with Gasteiger partial charge in [-0.25, -0.2) is 0 Å². The van der Waals surface area contributed by atoms with Crippen molar-refractivity contribution >= 4 is 11.8 Å². The summed E-state index contributed by atoms with van der Waals surface area (Å²) in [7, 11) is 0. The van der Waals surface area contributed by atoms with Crippen LogP contribution >= 0.6 is 0 Å². The van der Waals surface area contributed by atoms with Gasteiger partial charge in [0.15, 0.2) is 0 Å². The number of rotatable bonds is 1. The number of hydrogen-bond acceptors (Lipinski definition) is 2. The number of hydrogen-bond donors (Lipinski definition) is 1. The number of carboxylic acids is 1. The van der Waals surface area contributed by atoms with Gasteiger partial charge in [-0.1, -0.05) is 13.8 Å². The van der Waals surface area contributed by atoms with Gasteiger partial charge in [-0.3, -0.25) is 9.59 Å². The van der Waals surface area contributed by atoms with E-state index in [2.05, 4.69) is 13.8 Å². The van der Waals surface area contributed by atoms with Crippen LogP contribution in [-0.4, -0.2) is 16.9 Å². The maximum Gasteiger partial charge on any atom is 0.307 e. The highest BCUT2D eigenvalue weighted by Crippen LogP contribution is 2.55. The van der Waals surface area contributed by atoms with E-state index in [4.69, 9.17) is 5.11 Å². The zero-order valence-corrected chi connectivity index (χ0v) is 8.62. The van der Waals surface area contributed by atoms with E-state index in [0.717, 1.165) is 6.42 Å². The third-order valence-electron chi connectivity index (χ3n) is 4.01. The van der Waals surface area contributed by atoms with Gasteiger partial charge in [0, 0.05) is 12.3 Å². The van der Waals surface area contributed by atoms with E-state index >= 15 is 0 Å². The minimum atomic E-state index is -0.791. The average Bonchev–Trinajstić information content (AvgIpc) is 2.54. The molecule has 2 rings (SSSR count). The van der Waals surface area contributed by atoms with Crippen molar-refractivity contribution in [1.29, 1.82) is 0 Å². The first kappa shape index (κ1) is 9.69. The standard InChI is InChI=1S/C11H16O3/c1-11(2)5-6(10(13)14)9-7(11)3-4-8(9)12/h6-7,9H,3-5H2,1-2H3,(H,13,14)/t6-,7-,9-/m1/s1. The van der Waals surface area contributed by atoms with Gasteiger partial charge in [0.2, 0.25) is 0 Å². The molecule has 0 amide bonds. The summed E-state index contributed by atoms with van der Waals surface area (Å²) in [5.74, 6) is -0.933. The Morgan fingerprint density at radius 3 is 2.71 bits per heavy atom. The van der Waals surface area contributed by atoms with Crippen molar-refractivity contribution in [2.24, 2.45) is 23.2 Å². The van der Waals surface area contributed by atoms with E-state index in [9.17, 15) is 9.59 Å². The molecule has 3 heteroatoms. The molecule has 0 bridgehead atoms. The first-order chi connectivity index (χ1) is 6.43. The summed E-state index contributed by atoms with van der Waals surface area (Å²) in [5, 5.41) is 9.06. The molecule has 14 heavy (non-hydrogen) atoms. The van der Waals surface area contributed by atoms with Gasteiger partial charge < -0.3 is 5.11 Å². The summed E-state index contributed by atoms with van der Waals surface area (Å²) < 4.78 is 0. The van der Waals surface area contributed by atoms with Crippen molar-refractivity contribution in [1.82, 2.24) is 0 Å². The van der Waals surface area contributed by atoms with Gasteiger partial charge in [0.1, 0.15) is 5.78 Å². The number of carboxylic acid groups (broad SMARTS) is 1. The molecule has 78 valence electrons. The fourth-order valence-electron chi connectivity index (χ4n) is 3.34. The maximum atomic E-state index is 11.6. The highest BCUT2D eigenvalue weighted by atomic mass is 16.4. The van der Waals surface area contributed by atoms with Gasteiger partial charge in [0.25, 0.3) is 0 Å². The van der Waals surface area contributed by atoms with Crippen LogP contribution in [0.1, 0.15) is 33.1 Å². The van der Waals surface area contributed by atoms with E-state index in [1.165, 1.54) is 0 Å². The van der Waals surface area contributed by atoms with E-state index in [1.807, 2.05) is 0 Å². The molecule has 3 atom stereocenters. The molecule has 0 unspecified atom stereocenters. The number of Topliss-reactive ketones (excluding diaryl/α,β-unsaturated/α-hetero) is 1. The van der Waals surface area contributed by atoms with Crippen LogP contribution in [0.3, 0.4) is 0 Å². The van der Waals surface area contributed by atoms with Crippen molar-refractivity contribution in [3.63, 3.8) is 0 Å². The van der Waals surface area contributed by atoms with Crippen LogP contribution in [0.4, 0.5) is 0 Å². The Balaban J connectivity index is 2.32. The first-order valence-electron chi connectivity index (χ1n) is 5.19. The number of carbonyl (C=O) groups is 2. The Morgan fingerprint density at radius 2 is 2.14 bits per heavy atom. The lowest BCUT2D eigenvalue weighted by molar-refractivity contribution is -0.145. The van der Waals surface area contributed by atoms with Crippen LogP contribution in [-0.2, 0) is 9.59 Å². The maximum absolute atomic E-state index is 11.6. The molecule has 2 aliphatic carbocycles. The van der Waals surface area contributed by atoms with Crippen LogP contribution in [0.15, 0.2) is 0 Å². The molecule has 0 aliphatic heterocycles. The Kier molecular flexibility index (Phi) is 1.95. The molecule has 0 aromatic heterocycles. The molecule has 3 nitrogen and oxygen atoms in total. The SMILES string of the molecule is CC1(C)C[C@@H](C(=O)O)[C@H]2C(=O)CC[C@H]21. The molecular formula is C11H16O3. The van der Waals surface area contributed by atoms with E-state index in [-0.39, 0.29) is 17.1 Å². The minimum Gasteiger partial charge on any atom is -0.481 e. The molecule has 0 spiro atoms. The molecule has 0 radical (unpaired) electrons. The van der Waals surface area contributed by atoms with E-state index in [1.54, 1.807) is 0 Å². The minimum absolute atomic E-state index is 0.0277. The van der Waals surface area contributed by atoms with Crippen molar-refractivity contribution in [3.05, 3.63) is 0 Å². The Bertz CT molecular complexity index is 293. The Hall–Kier alpha value is -0.860. The lowest BCUT2D eigenvalue weighted by atomic mass is 9.80. The molecular weight excluding hydrogens is 180 g/mol. The molecule has 0 saturated heterocycles. The summed E-state index contributed by atoms with van der Waals surface area (Å²) in [6, 6.07) is 0. The van der Waals surface area contributed by atoms with Crippen molar-refractivity contribution in [2.45, 2.75) is 33.1 Å². The number of carbonyl (C=O) groups excluding carboxylic acids is 1. The molecule has 2 fully saturated rings. The zero-order chi connectivity index (χ0) is 10.5. The smallest absolute Gasteiger partial charge is 0.307 e. The van der Waals surface area contributed by atoms with Gasteiger partial charge in [-0.05, 0) is 24.2 Å². The second-order valence-corrected chi connectivity index (χ2v) is 5.27. The Morgan fingerprint density at radius 1 is 1.50 bits per heavy atom. The summed E-state index contributed by atoms with van der Waals surface area (Å²) >= 11 is 0. The summed E-state index contributed by atoms with van der Waals surface area (Å²) in [5.41, 5.74) is 0.0277. The number of ketones is 1. The van der Waals surface area contributed by atoms with Gasteiger partial charge >= 0.3 is 5.97 Å². The fraction of sp³-hybridized carbons (Fsp3) is 0.818. The van der Waals surface area contributed by atoms with Crippen molar-refractivity contribution in [2.75, 3.05) is 0 Å². The zero-order valence-electron chi connectivity index (χ0n) is 8.62. The summed E-state index contributed by atoms with van der Waals surface area (Å²) in [4.78, 5) is 22.6. The molecule has 0 heterocycles. The normalized spacial score (nSPS) is 39.9. The van der Waals surface area contributed by atoms with E-state index < -0.39 is 11.9 Å². The topological polar surface area (TPSA) is 54.4 Å². The third kappa shape index (κ3) is 1.18. The third-order valence-corrected chi connectivity index (χ3v) is 4.01. The highest BCUT2D eigenvalue weighted by molar-refractivity contribution is 5.89. The largest absolute Gasteiger partial charge is 0.481 e. The Labute approximate surface area is 83.5 Å². The van der Waals surface area contributed by atoms with Gasteiger partial charge in [-0.2, -0.15) is 0 Å². The predicted molar refractivity (Wildman–Crippen MR) is 50.7 cm³/mol. The summed E-state index contributed by atoms with van der Waals surface area (Å²) in [6.45, 7) is 4.18. The highest BCUT2D eigenvalue weighted by Gasteiger charge is 2.56. The van der Waals surface area contributed by atoms with Gasteiger partial charge in [0.05, 0.1) is 5.92 Å². The summed E-state index contributed by atoms with van der Waals surface area (Å²) in [6.07, 6.45) is 2.13. The lowest BCUT2D eigenvalue weighted by Crippen LogP contribution is -2.24. The predicted octanol–water partition coefficient (Wildman–Crippen LogP) is 1.71. The van der Waals surface area contributed by atoms with Crippen LogP contribution < -0.4 is 0 Å². The van der Waals surface area contributed by atoms with Crippen molar-refractivity contribution < 1.29 is 14.7 Å². The average molecular weight is 196 g/mol. The molecule has 0 aromatic carbocycles. The second-order valence-electron chi connectivity index (χ2n) is 5.27. The van der Waals surface area contributed by atoms with Crippen LogP contribution in [0.5, 0.6) is 0 Å². The van der Waals surface area contributed by atoms with Crippen LogP contribution in [0, 0.1) is 23.2 Å².